The highest BCUT2D eigenvalue weighted by atomic mass is 15.2. The van der Waals surface area contributed by atoms with Crippen molar-refractivity contribution in [2.75, 3.05) is 5.73 Å². The molecule has 3 aromatic rings. The van der Waals surface area contributed by atoms with Gasteiger partial charge < -0.3 is 14.9 Å². The summed E-state index contributed by atoms with van der Waals surface area (Å²) >= 11 is 0. The average Bonchev–Trinajstić information content (AvgIpc) is 2.90. The van der Waals surface area contributed by atoms with E-state index in [9.17, 15) is 0 Å². The number of hydrogen-bond donors (Lipinski definition) is 1. The number of aryl methyl sites for hydroxylation is 4. The van der Waals surface area contributed by atoms with Crippen molar-refractivity contribution in [2.24, 2.45) is 7.05 Å². The predicted molar refractivity (Wildman–Crippen MR) is 75.8 cm³/mol. The lowest BCUT2D eigenvalue weighted by molar-refractivity contribution is 0.670. The van der Waals surface area contributed by atoms with Crippen molar-refractivity contribution >= 4 is 17.0 Å². The summed E-state index contributed by atoms with van der Waals surface area (Å²) in [6.07, 6.45) is 4.61. The monoisotopic (exact) mass is 255 g/mol. The number of rotatable bonds is 3. The quantitative estimate of drug-likeness (QED) is 0.777. The van der Waals surface area contributed by atoms with E-state index in [1.165, 1.54) is 5.56 Å². The zero-order valence-corrected chi connectivity index (χ0v) is 11.2. The zero-order chi connectivity index (χ0) is 13.4. The summed E-state index contributed by atoms with van der Waals surface area (Å²) in [4.78, 5) is 8.74. The fourth-order valence-corrected chi connectivity index (χ4v) is 2.34. The van der Waals surface area contributed by atoms with E-state index in [-0.39, 0.29) is 0 Å². The van der Waals surface area contributed by atoms with Crippen molar-refractivity contribution < 1.29 is 0 Å². The molecule has 0 radical (unpaired) electrons. The molecule has 0 unspecified atom stereocenters. The molecule has 0 amide bonds. The second-order valence-electron chi connectivity index (χ2n) is 4.82. The van der Waals surface area contributed by atoms with Crippen molar-refractivity contribution in [2.45, 2.75) is 19.9 Å². The maximum atomic E-state index is 6.01. The Kier molecular flexibility index (Phi) is 2.74. The minimum absolute atomic E-state index is 0.565. The third-order valence-electron chi connectivity index (χ3n) is 3.41. The Hall–Kier alpha value is -2.30. The molecule has 2 heterocycles. The third kappa shape index (κ3) is 2.07. The van der Waals surface area contributed by atoms with Crippen molar-refractivity contribution in [1.82, 2.24) is 19.1 Å². The van der Waals surface area contributed by atoms with E-state index >= 15 is 0 Å². The Morgan fingerprint density at radius 2 is 2.16 bits per heavy atom. The van der Waals surface area contributed by atoms with Crippen LogP contribution in [0.15, 0.2) is 30.6 Å². The van der Waals surface area contributed by atoms with E-state index in [1.807, 2.05) is 28.6 Å². The standard InChI is InChI=1S/C14H17N5/c1-10-3-4-12-11(9-10)17-14(15)19(12)7-5-13-16-6-8-18(13)2/h3-4,6,8-9H,5,7H2,1-2H3,(H2,15,17). The SMILES string of the molecule is Cc1ccc2c(c1)nc(N)n2CCc1nccn1C. The van der Waals surface area contributed by atoms with Gasteiger partial charge in [0.15, 0.2) is 0 Å². The summed E-state index contributed by atoms with van der Waals surface area (Å²) in [6, 6.07) is 6.22. The van der Waals surface area contributed by atoms with Gasteiger partial charge in [-0.2, -0.15) is 0 Å². The average molecular weight is 255 g/mol. The van der Waals surface area contributed by atoms with Gasteiger partial charge in [-0.25, -0.2) is 9.97 Å². The lowest BCUT2D eigenvalue weighted by Crippen LogP contribution is -2.08. The molecule has 5 nitrogen and oxygen atoms in total. The first-order valence-corrected chi connectivity index (χ1v) is 6.34. The van der Waals surface area contributed by atoms with Crippen molar-refractivity contribution in [3.8, 4) is 0 Å². The zero-order valence-electron chi connectivity index (χ0n) is 11.2. The maximum Gasteiger partial charge on any atom is 0.201 e. The molecule has 0 atom stereocenters. The Bertz CT molecular complexity index is 723. The van der Waals surface area contributed by atoms with Crippen molar-refractivity contribution in [1.29, 1.82) is 0 Å². The Balaban J connectivity index is 1.92. The van der Waals surface area contributed by atoms with E-state index in [0.717, 1.165) is 29.8 Å². The molecule has 3 rings (SSSR count). The topological polar surface area (TPSA) is 61.7 Å². The van der Waals surface area contributed by atoms with E-state index in [4.69, 9.17) is 5.73 Å². The van der Waals surface area contributed by atoms with Gasteiger partial charge >= 0.3 is 0 Å². The summed E-state index contributed by atoms with van der Waals surface area (Å²) in [5.74, 6) is 1.61. The molecule has 0 saturated heterocycles. The van der Waals surface area contributed by atoms with Gasteiger partial charge in [-0.15, -0.1) is 0 Å². The second kappa shape index (κ2) is 4.42. The van der Waals surface area contributed by atoms with Crippen LogP contribution in [-0.2, 0) is 20.0 Å². The lowest BCUT2D eigenvalue weighted by Gasteiger charge is -2.06. The van der Waals surface area contributed by atoms with Gasteiger partial charge in [0.05, 0.1) is 11.0 Å². The first kappa shape index (κ1) is 11.8. The maximum absolute atomic E-state index is 6.01. The summed E-state index contributed by atoms with van der Waals surface area (Å²) in [7, 11) is 2.00. The summed E-state index contributed by atoms with van der Waals surface area (Å²) in [5, 5.41) is 0. The second-order valence-corrected chi connectivity index (χ2v) is 4.82. The fraction of sp³-hybridized carbons (Fsp3) is 0.286. The fourth-order valence-electron chi connectivity index (χ4n) is 2.34. The van der Waals surface area contributed by atoms with Gasteiger partial charge in [0.2, 0.25) is 5.95 Å². The Morgan fingerprint density at radius 3 is 2.89 bits per heavy atom. The smallest absolute Gasteiger partial charge is 0.201 e. The minimum atomic E-state index is 0.565. The van der Waals surface area contributed by atoms with E-state index in [0.29, 0.717) is 5.95 Å². The van der Waals surface area contributed by atoms with Gasteiger partial charge in [0, 0.05) is 32.4 Å². The van der Waals surface area contributed by atoms with Crippen LogP contribution in [0.1, 0.15) is 11.4 Å². The molecule has 2 aromatic heterocycles. The number of benzene rings is 1. The molecule has 0 bridgehead atoms. The van der Waals surface area contributed by atoms with Crippen LogP contribution in [0.5, 0.6) is 0 Å². The Morgan fingerprint density at radius 1 is 1.32 bits per heavy atom. The number of nitrogens with two attached hydrogens (primary N) is 1. The highest BCUT2D eigenvalue weighted by Crippen LogP contribution is 2.19. The van der Waals surface area contributed by atoms with Crippen LogP contribution in [0.2, 0.25) is 0 Å². The summed E-state index contributed by atoms with van der Waals surface area (Å²) in [6.45, 7) is 2.85. The van der Waals surface area contributed by atoms with Crippen LogP contribution < -0.4 is 5.73 Å². The highest BCUT2D eigenvalue weighted by molar-refractivity contribution is 5.79. The highest BCUT2D eigenvalue weighted by Gasteiger charge is 2.09. The lowest BCUT2D eigenvalue weighted by atomic mass is 10.2. The van der Waals surface area contributed by atoms with Crippen molar-refractivity contribution in [3.63, 3.8) is 0 Å². The molecule has 2 N–H and O–H groups in total. The molecule has 5 heteroatoms. The largest absolute Gasteiger partial charge is 0.369 e. The number of fused-ring (bicyclic) bond motifs is 1. The van der Waals surface area contributed by atoms with Crippen molar-refractivity contribution in [3.05, 3.63) is 42.0 Å². The molecule has 0 aliphatic rings. The number of imidazole rings is 2. The molecular weight excluding hydrogens is 238 g/mol. The molecule has 0 fully saturated rings. The normalized spacial score (nSPS) is 11.3. The third-order valence-corrected chi connectivity index (χ3v) is 3.41. The first-order valence-electron chi connectivity index (χ1n) is 6.34. The van der Waals surface area contributed by atoms with Gasteiger partial charge in [-0.05, 0) is 24.6 Å². The number of anilines is 1. The first-order chi connectivity index (χ1) is 9.15. The van der Waals surface area contributed by atoms with Crippen LogP contribution in [0.4, 0.5) is 5.95 Å². The molecule has 0 spiro atoms. The molecule has 1 aromatic carbocycles. The van der Waals surface area contributed by atoms with E-state index in [2.05, 4.69) is 35.1 Å². The molecule has 0 saturated carbocycles. The minimum Gasteiger partial charge on any atom is -0.369 e. The molecule has 19 heavy (non-hydrogen) atoms. The van der Waals surface area contributed by atoms with Gasteiger partial charge in [-0.1, -0.05) is 6.07 Å². The molecule has 98 valence electrons. The van der Waals surface area contributed by atoms with E-state index in [1.54, 1.807) is 0 Å². The van der Waals surface area contributed by atoms with Crippen LogP contribution in [-0.4, -0.2) is 19.1 Å². The Labute approximate surface area is 111 Å². The van der Waals surface area contributed by atoms with Crippen LogP contribution in [0.25, 0.3) is 11.0 Å². The number of aromatic nitrogens is 4. The van der Waals surface area contributed by atoms with Gasteiger partial charge in [0.25, 0.3) is 0 Å². The van der Waals surface area contributed by atoms with Crippen LogP contribution in [0, 0.1) is 6.92 Å². The number of nitrogens with zero attached hydrogens (tertiary/aromatic N) is 4. The van der Waals surface area contributed by atoms with E-state index < -0.39 is 0 Å². The van der Waals surface area contributed by atoms with Gasteiger partial charge in [-0.3, -0.25) is 0 Å². The molecule has 0 aliphatic carbocycles. The van der Waals surface area contributed by atoms with Crippen LogP contribution in [0.3, 0.4) is 0 Å². The molecule has 0 aliphatic heterocycles. The van der Waals surface area contributed by atoms with Gasteiger partial charge in [0.1, 0.15) is 5.82 Å². The number of hydrogen-bond acceptors (Lipinski definition) is 3. The van der Waals surface area contributed by atoms with Crippen LogP contribution >= 0.6 is 0 Å². The summed E-state index contributed by atoms with van der Waals surface area (Å²) < 4.78 is 4.07. The molecular formula is C14H17N5. The predicted octanol–water partition coefficient (Wildman–Crippen LogP) is 1.90. The summed E-state index contributed by atoms with van der Waals surface area (Å²) in [5.41, 5.74) is 9.24. The number of nitrogen functional groups attached to an aromatic ring is 1.